The van der Waals surface area contributed by atoms with Crippen molar-refractivity contribution < 1.29 is 9.53 Å². The monoisotopic (exact) mass is 425 g/mol. The second-order valence-corrected chi connectivity index (χ2v) is 8.09. The van der Waals surface area contributed by atoms with Gasteiger partial charge in [-0.15, -0.1) is 0 Å². The van der Waals surface area contributed by atoms with Crippen molar-refractivity contribution in [2.24, 2.45) is 0 Å². The number of carbonyl (C=O) groups excluding carboxylic acids is 1. The molecule has 2 aromatic carbocycles. The van der Waals surface area contributed by atoms with Crippen molar-refractivity contribution >= 4 is 17.6 Å². The molecule has 0 saturated carbocycles. The average molecular weight is 426 g/mol. The molecule has 3 rings (SSSR count). The summed E-state index contributed by atoms with van der Waals surface area (Å²) in [7, 11) is 3.68. The first-order valence-corrected chi connectivity index (χ1v) is 10.5. The lowest BCUT2D eigenvalue weighted by Gasteiger charge is -2.18. The summed E-state index contributed by atoms with van der Waals surface area (Å²) < 4.78 is 7.71. The van der Waals surface area contributed by atoms with Gasteiger partial charge in [0.05, 0.1) is 23.8 Å². The molecule has 0 fully saturated rings. The first-order valence-electron chi connectivity index (χ1n) is 10.1. The van der Waals surface area contributed by atoms with Crippen LogP contribution in [0.4, 0.5) is 0 Å². The van der Waals surface area contributed by atoms with Crippen LogP contribution in [0.3, 0.4) is 0 Å². The van der Waals surface area contributed by atoms with Crippen molar-refractivity contribution in [3.63, 3.8) is 0 Å². The van der Waals surface area contributed by atoms with E-state index in [2.05, 4.69) is 6.92 Å². The number of aromatic nitrogens is 2. The molecule has 0 amide bonds. The molecule has 1 aromatic heterocycles. The van der Waals surface area contributed by atoms with Crippen LogP contribution in [0.5, 0.6) is 5.88 Å². The Bertz CT molecular complexity index is 1030. The summed E-state index contributed by atoms with van der Waals surface area (Å²) in [4.78, 5) is 14.4. The normalized spacial score (nSPS) is 12.2. The first kappa shape index (κ1) is 22.1. The van der Waals surface area contributed by atoms with Crippen LogP contribution in [0.25, 0.3) is 11.1 Å². The zero-order chi connectivity index (χ0) is 21.8. The van der Waals surface area contributed by atoms with Crippen molar-refractivity contribution in [3.05, 3.63) is 70.4 Å². The molecule has 0 aliphatic carbocycles. The maximum Gasteiger partial charge on any atom is 0.326 e. The number of hydrogen-bond donors (Lipinski definition) is 0. The van der Waals surface area contributed by atoms with E-state index in [1.54, 1.807) is 9.58 Å². The van der Waals surface area contributed by atoms with Crippen molar-refractivity contribution in [2.45, 2.75) is 33.2 Å². The van der Waals surface area contributed by atoms with E-state index in [1.165, 1.54) is 0 Å². The molecule has 1 atom stereocenters. The third kappa shape index (κ3) is 4.74. The van der Waals surface area contributed by atoms with Gasteiger partial charge in [0, 0.05) is 5.02 Å². The molecule has 0 aliphatic rings. The largest absolute Gasteiger partial charge is 0.406 e. The fourth-order valence-corrected chi connectivity index (χ4v) is 3.56. The highest BCUT2D eigenvalue weighted by Crippen LogP contribution is 2.37. The molecular weight excluding hydrogens is 398 g/mol. The van der Waals surface area contributed by atoms with Crippen LogP contribution >= 0.6 is 11.6 Å². The van der Waals surface area contributed by atoms with Crippen molar-refractivity contribution in [1.82, 2.24) is 14.7 Å². The molecule has 30 heavy (non-hydrogen) atoms. The van der Waals surface area contributed by atoms with E-state index < -0.39 is 0 Å². The number of aryl methyl sites for hydroxylation is 2. The average Bonchev–Trinajstić information content (AvgIpc) is 3.07. The quantitative estimate of drug-likeness (QED) is 0.491. The Morgan fingerprint density at radius 3 is 2.50 bits per heavy atom. The Morgan fingerprint density at radius 1 is 1.20 bits per heavy atom. The highest BCUT2D eigenvalue weighted by Gasteiger charge is 2.26. The number of benzene rings is 2. The summed E-state index contributed by atoms with van der Waals surface area (Å²) in [6.07, 6.45) is 0.719. The third-order valence-corrected chi connectivity index (χ3v) is 5.44. The van der Waals surface area contributed by atoms with Crippen molar-refractivity contribution in [2.75, 3.05) is 20.6 Å². The van der Waals surface area contributed by atoms with Crippen LogP contribution in [0.2, 0.25) is 5.02 Å². The number of nitrogens with zero attached hydrogens (tertiary/aromatic N) is 3. The molecule has 1 unspecified atom stereocenters. The van der Waals surface area contributed by atoms with E-state index in [0.717, 1.165) is 34.4 Å². The fourth-order valence-electron chi connectivity index (χ4n) is 3.37. The Balaban J connectivity index is 2.14. The lowest BCUT2D eigenvalue weighted by Crippen LogP contribution is -2.26. The number of likely N-dealkylation sites (N-methyl/N-ethyl adjacent to an activating group) is 1. The topological polar surface area (TPSA) is 47.4 Å². The van der Waals surface area contributed by atoms with Crippen molar-refractivity contribution in [1.29, 1.82) is 0 Å². The van der Waals surface area contributed by atoms with Crippen LogP contribution in [-0.4, -0.2) is 41.3 Å². The minimum atomic E-state index is -0.324. The molecular formula is C24H28ClN3O2. The minimum absolute atomic E-state index is 0.159. The van der Waals surface area contributed by atoms with Crippen LogP contribution in [0, 0.1) is 6.92 Å². The van der Waals surface area contributed by atoms with Gasteiger partial charge < -0.3 is 4.74 Å². The number of rotatable bonds is 7. The number of carbonyl (C=O) groups is 1. The zero-order valence-electron chi connectivity index (χ0n) is 18.1. The predicted octanol–water partition coefficient (Wildman–Crippen LogP) is 5.15. The van der Waals surface area contributed by atoms with E-state index in [4.69, 9.17) is 21.4 Å². The van der Waals surface area contributed by atoms with Gasteiger partial charge in [0.2, 0.25) is 5.88 Å². The van der Waals surface area contributed by atoms with E-state index in [9.17, 15) is 4.79 Å². The van der Waals surface area contributed by atoms with Crippen LogP contribution in [-0.2, 0) is 11.2 Å². The zero-order valence-corrected chi connectivity index (χ0v) is 18.9. The van der Waals surface area contributed by atoms with E-state index in [-0.39, 0.29) is 18.6 Å². The standard InChI is InChI=1S/C24H28ClN3O2/c1-6-21-23(18-10-8-7-9-11-18)24(30-22(29)15-27(4)5)28(26-21)17(3)19-13-12-16(2)20(25)14-19/h7-14,17H,6,15H2,1-5H3. The van der Waals surface area contributed by atoms with Gasteiger partial charge in [0.25, 0.3) is 0 Å². The Labute approximate surface area is 183 Å². The number of hydrogen-bond acceptors (Lipinski definition) is 4. The summed E-state index contributed by atoms with van der Waals surface area (Å²) >= 11 is 6.37. The summed E-state index contributed by atoms with van der Waals surface area (Å²) in [6.45, 7) is 6.25. The molecule has 0 saturated heterocycles. The Kier molecular flexibility index (Phi) is 6.95. The number of esters is 1. The number of halogens is 1. The minimum Gasteiger partial charge on any atom is -0.406 e. The lowest BCUT2D eigenvalue weighted by molar-refractivity contribution is -0.135. The smallest absolute Gasteiger partial charge is 0.326 e. The van der Waals surface area contributed by atoms with Crippen molar-refractivity contribution in [3.8, 4) is 17.0 Å². The molecule has 5 nitrogen and oxygen atoms in total. The van der Waals surface area contributed by atoms with Gasteiger partial charge in [0.15, 0.2) is 0 Å². The molecule has 6 heteroatoms. The molecule has 0 spiro atoms. The summed E-state index contributed by atoms with van der Waals surface area (Å²) in [5.74, 6) is 0.143. The second kappa shape index (κ2) is 9.45. The molecule has 158 valence electrons. The van der Waals surface area contributed by atoms with E-state index in [1.807, 2.05) is 76.5 Å². The molecule has 3 aromatic rings. The molecule has 0 radical (unpaired) electrons. The highest BCUT2D eigenvalue weighted by atomic mass is 35.5. The number of ether oxygens (including phenoxy) is 1. The maximum absolute atomic E-state index is 12.6. The van der Waals surface area contributed by atoms with Gasteiger partial charge >= 0.3 is 5.97 Å². The van der Waals surface area contributed by atoms with Crippen LogP contribution in [0.1, 0.15) is 36.7 Å². The van der Waals surface area contributed by atoms with Gasteiger partial charge in [-0.3, -0.25) is 9.69 Å². The molecule has 1 heterocycles. The van der Waals surface area contributed by atoms with Gasteiger partial charge in [-0.2, -0.15) is 5.10 Å². The molecule has 0 N–H and O–H groups in total. The summed E-state index contributed by atoms with van der Waals surface area (Å²) in [5, 5.41) is 5.55. The van der Waals surface area contributed by atoms with Gasteiger partial charge in [-0.05, 0) is 57.1 Å². The predicted molar refractivity (Wildman–Crippen MR) is 121 cm³/mol. The first-order chi connectivity index (χ1) is 14.3. The Hall–Kier alpha value is -2.63. The van der Waals surface area contributed by atoms with Gasteiger partial charge in [0.1, 0.15) is 0 Å². The SMILES string of the molecule is CCc1nn(C(C)c2ccc(C)c(Cl)c2)c(OC(=O)CN(C)C)c1-c1ccccc1. The molecule has 0 bridgehead atoms. The van der Waals surface area contributed by atoms with Gasteiger partial charge in [-0.25, -0.2) is 4.68 Å². The van der Waals surface area contributed by atoms with Crippen LogP contribution < -0.4 is 4.74 Å². The van der Waals surface area contributed by atoms with Crippen LogP contribution in [0.15, 0.2) is 48.5 Å². The van der Waals surface area contributed by atoms with Gasteiger partial charge in [-0.1, -0.05) is 61.0 Å². The fraction of sp³-hybridized carbons (Fsp3) is 0.333. The Morgan fingerprint density at radius 2 is 1.90 bits per heavy atom. The summed E-state index contributed by atoms with van der Waals surface area (Å²) in [6, 6.07) is 15.8. The maximum atomic E-state index is 12.6. The van der Waals surface area contributed by atoms with E-state index >= 15 is 0 Å². The summed E-state index contributed by atoms with van der Waals surface area (Å²) in [5.41, 5.74) is 4.74. The highest BCUT2D eigenvalue weighted by molar-refractivity contribution is 6.31. The lowest BCUT2D eigenvalue weighted by atomic mass is 10.0. The third-order valence-electron chi connectivity index (χ3n) is 5.04. The van der Waals surface area contributed by atoms with E-state index in [0.29, 0.717) is 10.9 Å². The molecule has 0 aliphatic heterocycles. The second-order valence-electron chi connectivity index (χ2n) is 7.69.